The van der Waals surface area contributed by atoms with E-state index < -0.39 is 0 Å². The van der Waals surface area contributed by atoms with Crippen molar-refractivity contribution < 1.29 is 9.59 Å². The molecule has 15 heavy (non-hydrogen) atoms. The second-order valence-electron chi connectivity index (χ2n) is 4.53. The summed E-state index contributed by atoms with van der Waals surface area (Å²) >= 11 is 0. The topological polar surface area (TPSA) is 63.4 Å². The molecule has 1 aliphatic heterocycles. The highest BCUT2D eigenvalue weighted by atomic mass is 16.2. The smallest absolute Gasteiger partial charge is 0.229 e. The minimum atomic E-state index is -0.106. The normalized spacial score (nSPS) is 19.9. The van der Waals surface area contributed by atoms with E-state index in [0.29, 0.717) is 31.7 Å². The van der Waals surface area contributed by atoms with Crippen LogP contribution in [0.25, 0.3) is 0 Å². The largest absolute Gasteiger partial charge is 0.328 e. The number of rotatable bonds is 4. The number of imide groups is 1. The summed E-state index contributed by atoms with van der Waals surface area (Å²) < 4.78 is 0. The van der Waals surface area contributed by atoms with E-state index in [2.05, 4.69) is 13.8 Å². The second kappa shape index (κ2) is 5.26. The van der Waals surface area contributed by atoms with Crippen LogP contribution in [0.5, 0.6) is 0 Å². The lowest BCUT2D eigenvalue weighted by atomic mass is 9.99. The van der Waals surface area contributed by atoms with Crippen LogP contribution in [0.3, 0.4) is 0 Å². The third-order valence-corrected chi connectivity index (χ3v) is 2.70. The Morgan fingerprint density at radius 3 is 2.20 bits per heavy atom. The lowest BCUT2D eigenvalue weighted by Gasteiger charge is -2.33. The second-order valence-corrected chi connectivity index (χ2v) is 4.53. The Morgan fingerprint density at radius 2 is 1.80 bits per heavy atom. The predicted molar refractivity (Wildman–Crippen MR) is 58.0 cm³/mol. The zero-order valence-corrected chi connectivity index (χ0v) is 9.53. The van der Waals surface area contributed by atoms with Gasteiger partial charge >= 0.3 is 0 Å². The molecule has 1 atom stereocenters. The first kappa shape index (κ1) is 12.2. The third-order valence-electron chi connectivity index (χ3n) is 2.70. The lowest BCUT2D eigenvalue weighted by molar-refractivity contribution is -0.151. The molecule has 0 radical (unpaired) electrons. The molecular weight excluding hydrogens is 192 g/mol. The number of nitrogens with two attached hydrogens (primary N) is 1. The van der Waals surface area contributed by atoms with Gasteiger partial charge in [-0.1, -0.05) is 13.8 Å². The molecule has 1 unspecified atom stereocenters. The number of piperidine rings is 1. The van der Waals surface area contributed by atoms with Gasteiger partial charge in [0.15, 0.2) is 0 Å². The summed E-state index contributed by atoms with van der Waals surface area (Å²) in [4.78, 5) is 24.7. The van der Waals surface area contributed by atoms with Gasteiger partial charge in [-0.05, 0) is 18.8 Å². The average molecular weight is 212 g/mol. The average Bonchev–Trinajstić information content (AvgIpc) is 2.15. The van der Waals surface area contributed by atoms with E-state index in [1.54, 1.807) is 0 Å². The number of nitrogens with zero attached hydrogens (tertiary/aromatic N) is 1. The van der Waals surface area contributed by atoms with Crippen LogP contribution < -0.4 is 5.73 Å². The van der Waals surface area contributed by atoms with Crippen molar-refractivity contribution >= 4 is 11.8 Å². The molecule has 0 aromatic carbocycles. The van der Waals surface area contributed by atoms with Crippen molar-refractivity contribution in [3.05, 3.63) is 0 Å². The zero-order chi connectivity index (χ0) is 11.4. The van der Waals surface area contributed by atoms with Crippen molar-refractivity contribution in [2.75, 3.05) is 6.54 Å². The molecule has 1 fully saturated rings. The van der Waals surface area contributed by atoms with Crippen LogP contribution in [0.2, 0.25) is 0 Å². The molecule has 1 rings (SSSR count). The highest BCUT2D eigenvalue weighted by molar-refractivity contribution is 5.97. The highest BCUT2D eigenvalue weighted by Crippen LogP contribution is 2.19. The summed E-state index contributed by atoms with van der Waals surface area (Å²) in [7, 11) is 0. The maximum atomic E-state index is 11.6. The molecule has 4 heteroatoms. The fourth-order valence-electron chi connectivity index (χ4n) is 2.03. The summed E-state index contributed by atoms with van der Waals surface area (Å²) in [6.45, 7) is 4.51. The monoisotopic (exact) mass is 212 g/mol. The molecule has 4 nitrogen and oxygen atoms in total. The maximum Gasteiger partial charge on any atom is 0.229 e. The first-order chi connectivity index (χ1) is 7.06. The summed E-state index contributed by atoms with van der Waals surface area (Å²) in [6.07, 6.45) is 2.46. The molecule has 0 aromatic heterocycles. The van der Waals surface area contributed by atoms with Gasteiger partial charge in [-0.2, -0.15) is 0 Å². The Kier molecular flexibility index (Phi) is 4.27. The molecule has 0 aliphatic carbocycles. The maximum absolute atomic E-state index is 11.6. The molecule has 0 bridgehead atoms. The quantitative estimate of drug-likeness (QED) is 0.704. The Balaban J connectivity index is 2.71. The van der Waals surface area contributed by atoms with Crippen molar-refractivity contribution in [3.8, 4) is 0 Å². The Bertz CT molecular complexity index is 235. The fraction of sp³-hybridized carbons (Fsp3) is 0.818. The molecule has 2 amide bonds. The number of hydrogen-bond donors (Lipinski definition) is 1. The fourth-order valence-corrected chi connectivity index (χ4v) is 2.03. The summed E-state index contributed by atoms with van der Waals surface area (Å²) in [5, 5.41) is 0. The molecule has 0 spiro atoms. The molecule has 2 N–H and O–H groups in total. The van der Waals surface area contributed by atoms with E-state index in [1.165, 1.54) is 4.90 Å². The number of likely N-dealkylation sites (tertiary alicyclic amines) is 1. The van der Waals surface area contributed by atoms with Crippen LogP contribution in [0, 0.1) is 5.92 Å². The van der Waals surface area contributed by atoms with Crippen LogP contribution in [0.4, 0.5) is 0 Å². The van der Waals surface area contributed by atoms with Gasteiger partial charge < -0.3 is 5.73 Å². The van der Waals surface area contributed by atoms with E-state index in [0.717, 1.165) is 6.42 Å². The Hall–Kier alpha value is -0.900. The minimum Gasteiger partial charge on any atom is -0.328 e. The van der Waals surface area contributed by atoms with Crippen LogP contribution >= 0.6 is 0 Å². The molecule has 1 aliphatic rings. The van der Waals surface area contributed by atoms with E-state index in [4.69, 9.17) is 5.73 Å². The van der Waals surface area contributed by atoms with E-state index in [9.17, 15) is 9.59 Å². The number of carbonyl (C=O) groups excluding carboxylic acids is 2. The predicted octanol–water partition coefficient (Wildman–Crippen LogP) is 0.899. The van der Waals surface area contributed by atoms with Crippen LogP contribution in [0.1, 0.15) is 39.5 Å². The van der Waals surface area contributed by atoms with Crippen LogP contribution in [-0.4, -0.2) is 29.3 Å². The van der Waals surface area contributed by atoms with E-state index >= 15 is 0 Å². The Labute approximate surface area is 90.8 Å². The molecular formula is C11H20N2O2. The van der Waals surface area contributed by atoms with Crippen molar-refractivity contribution in [1.82, 2.24) is 4.90 Å². The molecule has 1 heterocycles. The minimum absolute atomic E-state index is 0.0534. The lowest BCUT2D eigenvalue weighted by Crippen LogP contribution is -2.50. The van der Waals surface area contributed by atoms with Gasteiger partial charge in [-0.15, -0.1) is 0 Å². The number of carbonyl (C=O) groups is 2. The summed E-state index contributed by atoms with van der Waals surface area (Å²) in [6, 6.07) is -0.106. The van der Waals surface area contributed by atoms with Gasteiger partial charge in [0.25, 0.3) is 0 Å². The highest BCUT2D eigenvalue weighted by Gasteiger charge is 2.31. The SMILES string of the molecule is CC(C)CC(CN)N1C(=O)CCCC1=O. The van der Waals surface area contributed by atoms with Gasteiger partial charge in [0, 0.05) is 19.4 Å². The Morgan fingerprint density at radius 1 is 1.27 bits per heavy atom. The molecule has 1 saturated heterocycles. The van der Waals surface area contributed by atoms with Gasteiger partial charge in [0.1, 0.15) is 0 Å². The van der Waals surface area contributed by atoms with Gasteiger partial charge in [-0.3, -0.25) is 14.5 Å². The van der Waals surface area contributed by atoms with Crippen LogP contribution in [-0.2, 0) is 9.59 Å². The van der Waals surface area contributed by atoms with Crippen molar-refractivity contribution in [1.29, 1.82) is 0 Å². The van der Waals surface area contributed by atoms with Crippen molar-refractivity contribution in [2.24, 2.45) is 11.7 Å². The molecule has 86 valence electrons. The standard InChI is InChI=1S/C11H20N2O2/c1-8(2)6-9(7-12)13-10(14)4-3-5-11(13)15/h8-9H,3-7,12H2,1-2H3. The first-order valence-electron chi connectivity index (χ1n) is 5.61. The number of amides is 2. The summed E-state index contributed by atoms with van der Waals surface area (Å²) in [5.74, 6) is 0.339. The first-order valence-corrected chi connectivity index (χ1v) is 5.61. The van der Waals surface area contributed by atoms with E-state index in [-0.39, 0.29) is 17.9 Å². The van der Waals surface area contributed by atoms with Gasteiger partial charge in [0.05, 0.1) is 6.04 Å². The number of hydrogen-bond acceptors (Lipinski definition) is 3. The summed E-state index contributed by atoms with van der Waals surface area (Å²) in [5.41, 5.74) is 5.63. The third kappa shape index (κ3) is 3.02. The molecule has 0 saturated carbocycles. The van der Waals surface area contributed by atoms with E-state index in [1.807, 2.05) is 0 Å². The van der Waals surface area contributed by atoms with Crippen molar-refractivity contribution in [3.63, 3.8) is 0 Å². The molecule has 0 aromatic rings. The van der Waals surface area contributed by atoms with Crippen molar-refractivity contribution in [2.45, 2.75) is 45.6 Å². The van der Waals surface area contributed by atoms with Gasteiger partial charge in [-0.25, -0.2) is 0 Å². The zero-order valence-electron chi connectivity index (χ0n) is 9.53. The van der Waals surface area contributed by atoms with Gasteiger partial charge in [0.2, 0.25) is 11.8 Å². The van der Waals surface area contributed by atoms with Crippen LogP contribution in [0.15, 0.2) is 0 Å².